The molecule has 0 unspecified atom stereocenters. The van der Waals surface area contributed by atoms with Gasteiger partial charge >= 0.3 is 0 Å². The number of aryl methyl sites for hydroxylation is 2. The Bertz CT molecular complexity index is 699. The zero-order valence-corrected chi connectivity index (χ0v) is 15.4. The second-order valence-electron chi connectivity index (χ2n) is 6.90. The van der Waals surface area contributed by atoms with Gasteiger partial charge in [-0.3, -0.25) is 15.6 Å². The van der Waals surface area contributed by atoms with Crippen LogP contribution in [0.1, 0.15) is 37.8 Å². The molecule has 0 atom stereocenters. The minimum atomic E-state index is -0.493. The van der Waals surface area contributed by atoms with E-state index in [9.17, 15) is 4.79 Å². The summed E-state index contributed by atoms with van der Waals surface area (Å²) in [6.45, 7) is 8.54. The van der Waals surface area contributed by atoms with E-state index in [0.29, 0.717) is 12.4 Å². The van der Waals surface area contributed by atoms with Gasteiger partial charge in [0, 0.05) is 11.6 Å². The molecule has 0 spiro atoms. The topological polar surface area (TPSA) is 63.2 Å². The van der Waals surface area contributed by atoms with Crippen LogP contribution in [0.4, 0.5) is 5.82 Å². The third kappa shape index (κ3) is 5.78. The predicted molar refractivity (Wildman–Crippen MR) is 100 cm³/mol. The highest BCUT2D eigenvalue weighted by molar-refractivity contribution is 5.82. The molecule has 2 rings (SSSR count). The summed E-state index contributed by atoms with van der Waals surface area (Å²) in [5, 5.41) is 0. The van der Waals surface area contributed by atoms with Crippen LogP contribution in [0.25, 0.3) is 0 Å². The van der Waals surface area contributed by atoms with Crippen LogP contribution in [0, 0.1) is 19.3 Å². The quantitative estimate of drug-likeness (QED) is 0.562. The Kier molecular flexibility index (Phi) is 6.39. The SMILES string of the molecule is Cc1ccc(C)c(OCCCC(C)(C)C(=O)NNc2ccccn2)c1. The molecule has 0 fully saturated rings. The lowest BCUT2D eigenvalue weighted by atomic mass is 9.87. The van der Waals surface area contributed by atoms with Gasteiger partial charge in [0.1, 0.15) is 11.6 Å². The van der Waals surface area contributed by atoms with Gasteiger partial charge in [-0.15, -0.1) is 0 Å². The summed E-state index contributed by atoms with van der Waals surface area (Å²) in [6.07, 6.45) is 3.20. The number of nitrogens with zero attached hydrogens (tertiary/aromatic N) is 1. The molecule has 0 saturated heterocycles. The highest BCUT2D eigenvalue weighted by Gasteiger charge is 2.27. The fourth-order valence-corrected chi connectivity index (χ4v) is 2.40. The highest BCUT2D eigenvalue weighted by Crippen LogP contribution is 2.24. The Morgan fingerprint density at radius 3 is 2.72 bits per heavy atom. The first-order valence-corrected chi connectivity index (χ1v) is 8.56. The smallest absolute Gasteiger partial charge is 0.244 e. The second-order valence-corrected chi connectivity index (χ2v) is 6.90. The molecule has 134 valence electrons. The normalized spacial score (nSPS) is 11.0. The average molecular weight is 341 g/mol. The lowest BCUT2D eigenvalue weighted by Crippen LogP contribution is -2.40. The maximum absolute atomic E-state index is 12.4. The summed E-state index contributed by atoms with van der Waals surface area (Å²) in [4.78, 5) is 16.5. The van der Waals surface area contributed by atoms with Crippen molar-refractivity contribution >= 4 is 11.7 Å². The van der Waals surface area contributed by atoms with Crippen molar-refractivity contribution in [1.82, 2.24) is 10.4 Å². The van der Waals surface area contributed by atoms with Crippen LogP contribution >= 0.6 is 0 Å². The number of ether oxygens (including phenoxy) is 1. The maximum atomic E-state index is 12.4. The average Bonchev–Trinajstić information content (AvgIpc) is 2.60. The molecule has 2 N–H and O–H groups in total. The van der Waals surface area contributed by atoms with E-state index in [1.165, 1.54) is 5.56 Å². The third-order valence-corrected chi connectivity index (χ3v) is 4.13. The standard InChI is InChI=1S/C20H27N3O2/c1-15-9-10-16(2)17(14-15)25-13-7-11-20(3,4)19(24)23-22-18-8-5-6-12-21-18/h5-6,8-10,12,14H,7,11,13H2,1-4H3,(H,21,22)(H,23,24). The van der Waals surface area contributed by atoms with E-state index < -0.39 is 5.41 Å². The number of hydrogen-bond acceptors (Lipinski definition) is 4. The number of aromatic nitrogens is 1. The third-order valence-electron chi connectivity index (χ3n) is 4.13. The van der Waals surface area contributed by atoms with Gasteiger partial charge in [0.15, 0.2) is 0 Å². The molecule has 5 nitrogen and oxygen atoms in total. The van der Waals surface area contributed by atoms with Crippen LogP contribution in [0.5, 0.6) is 5.75 Å². The van der Waals surface area contributed by atoms with Crippen molar-refractivity contribution in [3.8, 4) is 5.75 Å². The summed E-state index contributed by atoms with van der Waals surface area (Å²) in [6, 6.07) is 11.7. The van der Waals surface area contributed by atoms with Gasteiger partial charge in [0.25, 0.3) is 0 Å². The van der Waals surface area contributed by atoms with E-state index >= 15 is 0 Å². The van der Waals surface area contributed by atoms with Crippen LogP contribution < -0.4 is 15.6 Å². The number of carbonyl (C=O) groups is 1. The van der Waals surface area contributed by atoms with E-state index in [-0.39, 0.29) is 5.91 Å². The Labute approximate surface area is 149 Å². The van der Waals surface area contributed by atoms with Crippen molar-refractivity contribution < 1.29 is 9.53 Å². The number of benzene rings is 1. The lowest BCUT2D eigenvalue weighted by molar-refractivity contribution is -0.129. The molecule has 0 aliphatic rings. The Morgan fingerprint density at radius 1 is 1.20 bits per heavy atom. The summed E-state index contributed by atoms with van der Waals surface area (Å²) in [5.74, 6) is 1.47. The van der Waals surface area contributed by atoms with Gasteiger partial charge in [0.2, 0.25) is 5.91 Å². The largest absolute Gasteiger partial charge is 0.493 e. The molecular formula is C20H27N3O2. The van der Waals surface area contributed by atoms with Crippen LogP contribution in [0.3, 0.4) is 0 Å². The molecule has 0 aliphatic heterocycles. The van der Waals surface area contributed by atoms with E-state index in [0.717, 1.165) is 24.2 Å². The zero-order chi connectivity index (χ0) is 18.3. The van der Waals surface area contributed by atoms with Crippen LogP contribution in [-0.2, 0) is 4.79 Å². The molecule has 1 aromatic heterocycles. The summed E-state index contributed by atoms with van der Waals surface area (Å²) in [5.41, 5.74) is 7.38. The monoisotopic (exact) mass is 341 g/mol. The minimum Gasteiger partial charge on any atom is -0.493 e. The van der Waals surface area contributed by atoms with E-state index in [1.807, 2.05) is 45.9 Å². The van der Waals surface area contributed by atoms with Crippen molar-refractivity contribution in [2.45, 2.75) is 40.5 Å². The molecular weight excluding hydrogens is 314 g/mol. The van der Waals surface area contributed by atoms with Crippen molar-refractivity contribution in [3.05, 3.63) is 53.7 Å². The first kappa shape index (κ1) is 18.8. The van der Waals surface area contributed by atoms with Gasteiger partial charge in [-0.2, -0.15) is 0 Å². The number of carbonyl (C=O) groups excluding carboxylic acids is 1. The highest BCUT2D eigenvalue weighted by atomic mass is 16.5. The number of rotatable bonds is 8. The van der Waals surface area contributed by atoms with E-state index in [1.54, 1.807) is 12.3 Å². The fourth-order valence-electron chi connectivity index (χ4n) is 2.40. The van der Waals surface area contributed by atoms with Crippen LogP contribution in [0.15, 0.2) is 42.6 Å². The molecule has 0 saturated carbocycles. The summed E-state index contributed by atoms with van der Waals surface area (Å²) < 4.78 is 5.86. The Balaban J connectivity index is 1.76. The van der Waals surface area contributed by atoms with Gasteiger partial charge in [-0.25, -0.2) is 4.98 Å². The lowest BCUT2D eigenvalue weighted by Gasteiger charge is -2.24. The first-order valence-electron chi connectivity index (χ1n) is 8.56. The Morgan fingerprint density at radius 2 is 2.00 bits per heavy atom. The van der Waals surface area contributed by atoms with E-state index in [4.69, 9.17) is 4.74 Å². The molecule has 25 heavy (non-hydrogen) atoms. The number of hydrazine groups is 1. The zero-order valence-electron chi connectivity index (χ0n) is 15.4. The predicted octanol–water partition coefficient (Wildman–Crippen LogP) is 4.03. The van der Waals surface area contributed by atoms with Crippen molar-refractivity contribution in [2.24, 2.45) is 5.41 Å². The van der Waals surface area contributed by atoms with Gasteiger partial charge < -0.3 is 4.74 Å². The Hall–Kier alpha value is -2.56. The molecule has 0 aliphatic carbocycles. The van der Waals surface area contributed by atoms with Gasteiger partial charge in [-0.05, 0) is 56.0 Å². The molecule has 1 amide bonds. The maximum Gasteiger partial charge on any atom is 0.244 e. The van der Waals surface area contributed by atoms with Gasteiger partial charge in [-0.1, -0.05) is 32.0 Å². The fraction of sp³-hybridized carbons (Fsp3) is 0.400. The number of amides is 1. The van der Waals surface area contributed by atoms with E-state index in [2.05, 4.69) is 28.0 Å². The van der Waals surface area contributed by atoms with Crippen LogP contribution in [0.2, 0.25) is 0 Å². The minimum absolute atomic E-state index is 0.0649. The number of anilines is 1. The molecule has 0 radical (unpaired) electrons. The van der Waals surface area contributed by atoms with Crippen molar-refractivity contribution in [2.75, 3.05) is 12.0 Å². The molecule has 0 bridgehead atoms. The number of pyridine rings is 1. The second kappa shape index (κ2) is 8.51. The molecule has 1 aromatic carbocycles. The first-order chi connectivity index (χ1) is 11.9. The molecule has 1 heterocycles. The molecule has 2 aromatic rings. The molecule has 5 heteroatoms. The van der Waals surface area contributed by atoms with Crippen molar-refractivity contribution in [1.29, 1.82) is 0 Å². The number of nitrogens with one attached hydrogen (secondary N) is 2. The number of hydrogen-bond donors (Lipinski definition) is 2. The van der Waals surface area contributed by atoms with Crippen LogP contribution in [-0.4, -0.2) is 17.5 Å². The van der Waals surface area contributed by atoms with Crippen molar-refractivity contribution in [3.63, 3.8) is 0 Å². The summed E-state index contributed by atoms with van der Waals surface area (Å²) >= 11 is 0. The summed E-state index contributed by atoms with van der Waals surface area (Å²) in [7, 11) is 0. The van der Waals surface area contributed by atoms with Gasteiger partial charge in [0.05, 0.1) is 6.61 Å².